The average molecular weight is 414 g/mol. The van der Waals surface area contributed by atoms with Crippen molar-refractivity contribution in [2.45, 2.75) is 38.8 Å². The van der Waals surface area contributed by atoms with Crippen molar-refractivity contribution < 1.29 is 20.0 Å². The minimum atomic E-state index is -1.28. The summed E-state index contributed by atoms with van der Waals surface area (Å²) < 4.78 is 5.41. The van der Waals surface area contributed by atoms with Crippen LogP contribution in [0.5, 0.6) is 0 Å². The predicted molar refractivity (Wildman–Crippen MR) is 113 cm³/mol. The largest absolute Gasteiger partial charge is 0.477 e. The third kappa shape index (κ3) is 5.28. The highest BCUT2D eigenvalue weighted by Gasteiger charge is 2.22. The van der Waals surface area contributed by atoms with E-state index in [0.29, 0.717) is 23.3 Å². The first-order valence-electron chi connectivity index (χ1n) is 9.92. The fourth-order valence-electron chi connectivity index (χ4n) is 3.35. The third-order valence-corrected chi connectivity index (χ3v) is 4.89. The maximum Gasteiger partial charge on any atom is 0.354 e. The summed E-state index contributed by atoms with van der Waals surface area (Å²) in [5.74, 6) is 0.478. The number of aliphatic carboxylic acids is 1. The number of quaternary nitrogens is 1. The van der Waals surface area contributed by atoms with Gasteiger partial charge in [-0.05, 0) is 32.8 Å². The monoisotopic (exact) mass is 414 g/mol. The average Bonchev–Trinajstić information content (AvgIpc) is 2.73. The number of rotatable bonds is 8. The van der Waals surface area contributed by atoms with Crippen LogP contribution in [-0.4, -0.2) is 64.1 Å². The molecule has 1 fully saturated rings. The lowest BCUT2D eigenvalue weighted by Gasteiger charge is -2.31. The van der Waals surface area contributed by atoms with E-state index in [2.05, 4.69) is 25.2 Å². The molecule has 30 heavy (non-hydrogen) atoms. The smallest absolute Gasteiger partial charge is 0.354 e. The van der Waals surface area contributed by atoms with Gasteiger partial charge in [0.15, 0.2) is 5.71 Å². The topological polar surface area (TPSA) is 141 Å². The van der Waals surface area contributed by atoms with Crippen LogP contribution >= 0.6 is 0 Å². The summed E-state index contributed by atoms with van der Waals surface area (Å²) in [5.41, 5.74) is 0.446. The van der Waals surface area contributed by atoms with Crippen LogP contribution in [0.25, 0.3) is 0 Å². The second kappa shape index (κ2) is 9.59. The van der Waals surface area contributed by atoms with E-state index < -0.39 is 11.7 Å². The summed E-state index contributed by atoms with van der Waals surface area (Å²) in [4.78, 5) is 26.6. The van der Waals surface area contributed by atoms with Crippen molar-refractivity contribution in [1.29, 1.82) is 5.41 Å². The Hall–Kier alpha value is -3.11. The van der Waals surface area contributed by atoms with Gasteiger partial charge in [-0.2, -0.15) is 4.98 Å². The normalized spacial score (nSPS) is 14.7. The van der Waals surface area contributed by atoms with Gasteiger partial charge in [0.1, 0.15) is 17.3 Å². The Morgan fingerprint density at radius 2 is 2.07 bits per heavy atom. The molecule has 0 saturated carbocycles. The van der Waals surface area contributed by atoms with Crippen molar-refractivity contribution in [2.24, 2.45) is 0 Å². The number of carbonyl (C=O) groups is 1. The van der Waals surface area contributed by atoms with Crippen LogP contribution < -0.4 is 15.5 Å². The summed E-state index contributed by atoms with van der Waals surface area (Å²) in [6, 6.07) is 3.67. The van der Waals surface area contributed by atoms with Crippen LogP contribution in [0.4, 0.5) is 23.3 Å². The van der Waals surface area contributed by atoms with Gasteiger partial charge in [-0.1, -0.05) is 0 Å². The van der Waals surface area contributed by atoms with Gasteiger partial charge in [0.2, 0.25) is 5.95 Å². The van der Waals surface area contributed by atoms with Gasteiger partial charge in [-0.3, -0.25) is 5.41 Å². The van der Waals surface area contributed by atoms with Crippen molar-refractivity contribution >= 4 is 35.0 Å². The lowest BCUT2D eigenvalue weighted by atomic mass is 10.1. The number of ether oxygens (including phenoxy) is 1. The van der Waals surface area contributed by atoms with Crippen LogP contribution in [0.15, 0.2) is 24.5 Å². The zero-order valence-corrected chi connectivity index (χ0v) is 17.4. The van der Waals surface area contributed by atoms with Gasteiger partial charge in [0.05, 0.1) is 17.7 Å². The third-order valence-electron chi connectivity index (χ3n) is 4.89. The molecule has 1 aliphatic rings. The number of carboxylic acids is 1. The number of carboxylic acid groups (broad SMARTS) is 1. The molecule has 160 valence electrons. The number of piperidine rings is 1. The van der Waals surface area contributed by atoms with Crippen LogP contribution in [0, 0.1) is 5.41 Å². The van der Waals surface area contributed by atoms with Crippen LogP contribution in [-0.2, 0) is 9.53 Å². The Balaban J connectivity index is 1.79. The molecule has 2 aromatic heterocycles. The van der Waals surface area contributed by atoms with E-state index in [0.717, 1.165) is 25.9 Å². The molecule has 3 heterocycles. The van der Waals surface area contributed by atoms with Crippen molar-refractivity contribution in [2.75, 3.05) is 30.4 Å². The summed E-state index contributed by atoms with van der Waals surface area (Å²) in [6.45, 7) is 5.65. The first-order valence-corrected chi connectivity index (χ1v) is 9.92. The lowest BCUT2D eigenvalue weighted by Crippen LogP contribution is -2.83. The highest BCUT2D eigenvalue weighted by molar-refractivity contribution is 6.42. The molecule has 0 bridgehead atoms. The summed E-state index contributed by atoms with van der Waals surface area (Å²) >= 11 is 0. The molecule has 0 spiro atoms. The predicted octanol–water partition coefficient (Wildman–Crippen LogP) is 1.29. The highest BCUT2D eigenvalue weighted by atomic mass is 16.5. The zero-order valence-electron chi connectivity index (χ0n) is 17.4. The SMILES string of the molecule is COC1CCN(c2nccc(Nc3cc([NH2+]C(C)C)c(C(=N)C(=O)O)cn3)n2)CC1. The van der Waals surface area contributed by atoms with E-state index in [1.54, 1.807) is 25.4 Å². The first-order chi connectivity index (χ1) is 14.4. The van der Waals surface area contributed by atoms with Crippen molar-refractivity contribution in [3.63, 3.8) is 0 Å². The van der Waals surface area contributed by atoms with Gasteiger partial charge in [-0.25, -0.2) is 14.8 Å². The quantitative estimate of drug-likeness (QED) is 0.474. The van der Waals surface area contributed by atoms with Gasteiger partial charge >= 0.3 is 5.97 Å². The van der Waals surface area contributed by atoms with Crippen molar-refractivity contribution in [1.82, 2.24) is 15.0 Å². The number of nitrogens with one attached hydrogen (secondary N) is 2. The molecule has 5 N–H and O–H groups in total. The van der Waals surface area contributed by atoms with Gasteiger partial charge in [-0.15, -0.1) is 0 Å². The maximum absolute atomic E-state index is 11.2. The Labute approximate surface area is 175 Å². The molecule has 0 atom stereocenters. The van der Waals surface area contributed by atoms with Crippen LogP contribution in [0.3, 0.4) is 0 Å². The molecule has 0 unspecified atom stereocenters. The van der Waals surface area contributed by atoms with E-state index >= 15 is 0 Å². The van der Waals surface area contributed by atoms with E-state index in [1.165, 1.54) is 6.20 Å². The molecule has 10 nitrogen and oxygen atoms in total. The van der Waals surface area contributed by atoms with E-state index in [4.69, 9.17) is 10.1 Å². The molecular formula is C20H28N7O3+. The number of nitrogens with zero attached hydrogens (tertiary/aromatic N) is 4. The number of hydrogen-bond acceptors (Lipinski definition) is 8. The molecule has 0 amide bonds. The number of methoxy groups -OCH3 is 1. The molecule has 0 aliphatic carbocycles. The molecule has 10 heteroatoms. The Kier molecular flexibility index (Phi) is 6.91. The van der Waals surface area contributed by atoms with E-state index in [1.807, 2.05) is 19.2 Å². The molecular weight excluding hydrogens is 386 g/mol. The number of hydrogen-bond donors (Lipinski definition) is 4. The minimum absolute atomic E-state index is 0.182. The Morgan fingerprint density at radius 1 is 1.33 bits per heavy atom. The minimum Gasteiger partial charge on any atom is -0.477 e. The fraction of sp³-hybridized carbons (Fsp3) is 0.450. The molecule has 0 radical (unpaired) electrons. The molecule has 3 rings (SSSR count). The van der Waals surface area contributed by atoms with E-state index in [9.17, 15) is 9.90 Å². The first kappa shape index (κ1) is 21.6. The summed E-state index contributed by atoms with van der Waals surface area (Å²) in [7, 11) is 1.74. The van der Waals surface area contributed by atoms with Gasteiger partial charge < -0.3 is 25.4 Å². The zero-order chi connectivity index (χ0) is 21.7. The molecule has 0 aromatic carbocycles. The second-order valence-corrected chi connectivity index (χ2v) is 7.54. The summed E-state index contributed by atoms with van der Waals surface area (Å²) in [6.07, 6.45) is 5.26. The Morgan fingerprint density at radius 3 is 2.70 bits per heavy atom. The number of pyridine rings is 1. The lowest BCUT2D eigenvalue weighted by molar-refractivity contribution is -0.603. The number of aromatic nitrogens is 3. The van der Waals surface area contributed by atoms with Crippen molar-refractivity contribution in [3.8, 4) is 0 Å². The van der Waals surface area contributed by atoms with Crippen LogP contribution in [0.2, 0.25) is 0 Å². The number of anilines is 3. The second-order valence-electron chi connectivity index (χ2n) is 7.54. The van der Waals surface area contributed by atoms with Crippen LogP contribution in [0.1, 0.15) is 32.3 Å². The molecule has 2 aromatic rings. The van der Waals surface area contributed by atoms with Gasteiger partial charge in [0.25, 0.3) is 0 Å². The Bertz CT molecular complexity index is 911. The van der Waals surface area contributed by atoms with E-state index in [-0.39, 0.29) is 17.7 Å². The maximum atomic E-state index is 11.2. The molecule has 1 saturated heterocycles. The fourth-order valence-corrected chi connectivity index (χ4v) is 3.35. The standard InChI is InChI=1S/C20H27N7O3/c1-12(2)24-15-10-17(23-11-14(15)18(21)19(28)29)25-16-4-7-22-20(26-16)27-8-5-13(30-3)6-9-27/h4,7,10-13,21H,5-6,8-9H2,1-3H3,(H,28,29)(H2,22,23,24,25,26)/p+1. The van der Waals surface area contributed by atoms with Gasteiger partial charge in [0, 0.05) is 38.7 Å². The molecule has 1 aliphatic heterocycles. The summed E-state index contributed by atoms with van der Waals surface area (Å²) in [5, 5.41) is 22.1. The highest BCUT2D eigenvalue weighted by Crippen LogP contribution is 2.21. The van der Waals surface area contributed by atoms with Crippen molar-refractivity contribution in [3.05, 3.63) is 30.1 Å². The number of nitrogens with two attached hydrogens (primary N) is 1.